The van der Waals surface area contributed by atoms with E-state index in [-0.39, 0.29) is 11.8 Å². The van der Waals surface area contributed by atoms with E-state index in [4.69, 9.17) is 4.74 Å². The van der Waals surface area contributed by atoms with Gasteiger partial charge in [-0.05, 0) is 92.7 Å². The van der Waals surface area contributed by atoms with Crippen LogP contribution in [0.5, 0.6) is 0 Å². The number of carbonyl (C=O) groups is 3. The number of ether oxygens (including phenoxy) is 1. The molecule has 1 aromatic rings. The molecule has 0 spiro atoms. The summed E-state index contributed by atoms with van der Waals surface area (Å²) in [6.45, 7) is 19.0. The molecule has 1 rings (SSSR count). The summed E-state index contributed by atoms with van der Waals surface area (Å²) in [6, 6.07) is 5.97. The molecule has 0 heterocycles. The molecule has 7 nitrogen and oxygen atoms in total. The molecule has 0 saturated heterocycles. The van der Waals surface area contributed by atoms with Crippen LogP contribution >= 0.6 is 11.8 Å². The fraction of sp³-hybridized carbons (Fsp3) is 0.679. The SMILES string of the molecule is CCC(C)(C)N(C(=O)C(CCSC)NC(=O)OC(C)(C)C)C(C(=O)NC(C)(C)C)c1cccc(C)c1. The summed E-state index contributed by atoms with van der Waals surface area (Å²) in [6.07, 6.45) is 2.33. The third-order valence-electron chi connectivity index (χ3n) is 5.72. The first-order valence-electron chi connectivity index (χ1n) is 12.6. The molecule has 3 amide bonds. The minimum absolute atomic E-state index is 0.260. The van der Waals surface area contributed by atoms with Crippen molar-refractivity contribution < 1.29 is 19.1 Å². The lowest BCUT2D eigenvalue weighted by atomic mass is 9.91. The predicted octanol–water partition coefficient (Wildman–Crippen LogP) is 5.61. The van der Waals surface area contributed by atoms with Crippen LogP contribution in [0.2, 0.25) is 0 Å². The Bertz CT molecular complexity index is 903. The van der Waals surface area contributed by atoms with Crippen molar-refractivity contribution in [2.75, 3.05) is 12.0 Å². The molecule has 0 saturated carbocycles. The third kappa shape index (κ3) is 10.0. The molecule has 0 aliphatic carbocycles. The van der Waals surface area contributed by atoms with Gasteiger partial charge < -0.3 is 20.3 Å². The number of rotatable bonds is 10. The van der Waals surface area contributed by atoms with E-state index in [0.717, 1.165) is 11.1 Å². The largest absolute Gasteiger partial charge is 0.444 e. The monoisotopic (exact) mass is 521 g/mol. The molecule has 8 heteroatoms. The van der Waals surface area contributed by atoms with Gasteiger partial charge in [-0.2, -0.15) is 11.8 Å². The molecule has 204 valence electrons. The molecule has 0 fully saturated rings. The van der Waals surface area contributed by atoms with Crippen LogP contribution in [0.15, 0.2) is 24.3 Å². The van der Waals surface area contributed by atoms with E-state index in [0.29, 0.717) is 18.6 Å². The van der Waals surface area contributed by atoms with Gasteiger partial charge in [-0.3, -0.25) is 9.59 Å². The van der Waals surface area contributed by atoms with Gasteiger partial charge in [-0.25, -0.2) is 4.79 Å². The van der Waals surface area contributed by atoms with Crippen molar-refractivity contribution in [1.82, 2.24) is 15.5 Å². The first-order chi connectivity index (χ1) is 16.4. The molecule has 0 aliphatic rings. The minimum Gasteiger partial charge on any atom is -0.444 e. The molecule has 0 aromatic heterocycles. The number of thioether (sulfide) groups is 1. The number of amides is 3. The van der Waals surface area contributed by atoms with Crippen LogP contribution in [-0.4, -0.2) is 57.5 Å². The lowest BCUT2D eigenvalue weighted by Gasteiger charge is -2.45. The summed E-state index contributed by atoms with van der Waals surface area (Å²) in [5.41, 5.74) is -0.136. The van der Waals surface area contributed by atoms with Crippen molar-refractivity contribution in [1.29, 1.82) is 0 Å². The van der Waals surface area contributed by atoms with Crippen LogP contribution in [0.3, 0.4) is 0 Å². The van der Waals surface area contributed by atoms with Crippen molar-refractivity contribution in [2.24, 2.45) is 0 Å². The van der Waals surface area contributed by atoms with Crippen molar-refractivity contribution in [3.8, 4) is 0 Å². The molecule has 0 radical (unpaired) electrons. The Morgan fingerprint density at radius 1 is 1.06 bits per heavy atom. The Morgan fingerprint density at radius 2 is 1.67 bits per heavy atom. The number of nitrogens with zero attached hydrogens (tertiary/aromatic N) is 1. The van der Waals surface area contributed by atoms with E-state index >= 15 is 0 Å². The number of benzene rings is 1. The zero-order valence-electron chi connectivity index (χ0n) is 24.1. The van der Waals surface area contributed by atoms with Crippen LogP contribution in [0.1, 0.15) is 92.3 Å². The Kier molecular flexibility index (Phi) is 11.3. The van der Waals surface area contributed by atoms with Gasteiger partial charge in [0.15, 0.2) is 0 Å². The first-order valence-corrected chi connectivity index (χ1v) is 14.0. The number of alkyl carbamates (subject to hydrolysis) is 1. The molecule has 0 bridgehead atoms. The highest BCUT2D eigenvalue weighted by Gasteiger charge is 2.43. The molecular formula is C28H47N3O4S. The molecule has 0 aliphatic heterocycles. The molecule has 36 heavy (non-hydrogen) atoms. The summed E-state index contributed by atoms with van der Waals surface area (Å²) in [4.78, 5) is 42.4. The van der Waals surface area contributed by atoms with Crippen LogP contribution in [-0.2, 0) is 14.3 Å². The van der Waals surface area contributed by atoms with Crippen molar-refractivity contribution in [3.63, 3.8) is 0 Å². The van der Waals surface area contributed by atoms with E-state index in [2.05, 4.69) is 10.6 Å². The quantitative estimate of drug-likeness (QED) is 0.418. The van der Waals surface area contributed by atoms with Crippen LogP contribution in [0, 0.1) is 6.92 Å². The minimum atomic E-state index is -0.871. The van der Waals surface area contributed by atoms with Crippen molar-refractivity contribution in [3.05, 3.63) is 35.4 Å². The average molecular weight is 522 g/mol. The number of hydrogen-bond donors (Lipinski definition) is 2. The number of hydrogen-bond acceptors (Lipinski definition) is 5. The highest BCUT2D eigenvalue weighted by atomic mass is 32.2. The van der Waals surface area contributed by atoms with E-state index < -0.39 is 34.9 Å². The Hall–Kier alpha value is -2.22. The molecular weight excluding hydrogens is 474 g/mol. The topological polar surface area (TPSA) is 87.7 Å². The maximum absolute atomic E-state index is 14.3. The van der Waals surface area contributed by atoms with Gasteiger partial charge in [-0.1, -0.05) is 36.8 Å². The summed E-state index contributed by atoms with van der Waals surface area (Å²) in [5.74, 6) is 0.0942. The number of nitrogens with one attached hydrogen (secondary N) is 2. The maximum Gasteiger partial charge on any atom is 0.408 e. The highest BCUT2D eigenvalue weighted by molar-refractivity contribution is 7.98. The van der Waals surface area contributed by atoms with Crippen molar-refractivity contribution >= 4 is 29.7 Å². The van der Waals surface area contributed by atoms with Gasteiger partial charge in [0, 0.05) is 11.1 Å². The van der Waals surface area contributed by atoms with E-state index in [1.807, 2.05) is 79.0 Å². The fourth-order valence-corrected chi connectivity index (χ4v) is 4.22. The molecule has 1 aromatic carbocycles. The second kappa shape index (κ2) is 12.8. The Balaban J connectivity index is 3.64. The van der Waals surface area contributed by atoms with Crippen LogP contribution < -0.4 is 10.6 Å². The molecule has 2 unspecified atom stereocenters. The first kappa shape index (κ1) is 31.8. The highest BCUT2D eigenvalue weighted by Crippen LogP contribution is 2.33. The summed E-state index contributed by atoms with van der Waals surface area (Å²) < 4.78 is 5.46. The lowest BCUT2D eigenvalue weighted by Crippen LogP contribution is -2.60. The number of carbonyl (C=O) groups excluding carboxylic acids is 3. The molecule has 2 N–H and O–H groups in total. The summed E-state index contributed by atoms with van der Waals surface area (Å²) in [5, 5.41) is 5.87. The Labute approximate surface area is 222 Å². The standard InChI is InChI=1S/C28H47N3O4S/c1-12-28(9,10)31(24(33)21(16-17-36-11)29-25(34)35-27(6,7)8)22(23(32)30-26(3,4)5)20-15-13-14-19(2)18-20/h13-15,18,21-22H,12,16-17H2,1-11H3,(H,29,34)(H,30,32). The van der Waals surface area contributed by atoms with Crippen LogP contribution in [0.25, 0.3) is 0 Å². The number of aryl methyl sites for hydroxylation is 1. The average Bonchev–Trinajstić information content (AvgIpc) is 2.71. The van der Waals surface area contributed by atoms with Gasteiger partial charge in [0.25, 0.3) is 0 Å². The Morgan fingerprint density at radius 3 is 2.14 bits per heavy atom. The third-order valence-corrected chi connectivity index (χ3v) is 6.36. The van der Waals surface area contributed by atoms with Gasteiger partial charge in [-0.15, -0.1) is 0 Å². The van der Waals surface area contributed by atoms with E-state index in [1.165, 1.54) is 0 Å². The van der Waals surface area contributed by atoms with Crippen LogP contribution in [0.4, 0.5) is 4.79 Å². The van der Waals surface area contributed by atoms with E-state index in [1.54, 1.807) is 37.4 Å². The second-order valence-electron chi connectivity index (χ2n) is 11.9. The zero-order chi connectivity index (χ0) is 27.9. The summed E-state index contributed by atoms with van der Waals surface area (Å²) >= 11 is 1.59. The lowest BCUT2D eigenvalue weighted by molar-refractivity contribution is -0.150. The predicted molar refractivity (Wildman–Crippen MR) is 149 cm³/mol. The van der Waals surface area contributed by atoms with Gasteiger partial charge in [0.05, 0.1) is 0 Å². The molecule has 2 atom stereocenters. The van der Waals surface area contributed by atoms with Gasteiger partial charge in [0.1, 0.15) is 17.7 Å². The second-order valence-corrected chi connectivity index (χ2v) is 12.9. The van der Waals surface area contributed by atoms with Crippen molar-refractivity contribution in [2.45, 2.75) is 111 Å². The maximum atomic E-state index is 14.3. The van der Waals surface area contributed by atoms with E-state index in [9.17, 15) is 14.4 Å². The smallest absolute Gasteiger partial charge is 0.408 e. The summed E-state index contributed by atoms with van der Waals surface area (Å²) in [7, 11) is 0. The fourth-order valence-electron chi connectivity index (χ4n) is 3.75. The van der Waals surface area contributed by atoms with Gasteiger partial charge >= 0.3 is 6.09 Å². The van der Waals surface area contributed by atoms with Gasteiger partial charge in [0.2, 0.25) is 11.8 Å². The zero-order valence-corrected chi connectivity index (χ0v) is 24.9. The normalized spacial score (nSPS) is 14.0.